The van der Waals surface area contributed by atoms with E-state index in [4.69, 9.17) is 4.74 Å². The second-order valence-electron chi connectivity index (χ2n) is 6.17. The zero-order chi connectivity index (χ0) is 15.4. The van der Waals surface area contributed by atoms with E-state index in [0.717, 1.165) is 62.2 Å². The normalized spacial score (nSPS) is 23.4. The minimum Gasteiger partial charge on any atom is -0.490 e. The van der Waals surface area contributed by atoms with E-state index in [9.17, 15) is 4.79 Å². The number of benzene rings is 1. The first kappa shape index (κ1) is 17.8. The molecule has 23 heavy (non-hydrogen) atoms. The molecule has 0 radical (unpaired) electrons. The summed E-state index contributed by atoms with van der Waals surface area (Å²) in [5.41, 5.74) is 0.746. The van der Waals surface area contributed by atoms with Crippen LogP contribution in [-0.4, -0.2) is 43.6 Å². The number of rotatable bonds is 4. The van der Waals surface area contributed by atoms with E-state index >= 15 is 0 Å². The van der Waals surface area contributed by atoms with Crippen molar-refractivity contribution >= 4 is 18.3 Å². The fourth-order valence-corrected chi connectivity index (χ4v) is 3.45. The van der Waals surface area contributed by atoms with E-state index in [2.05, 4.69) is 11.9 Å². The number of fused-ring (bicyclic) bond motifs is 1. The van der Waals surface area contributed by atoms with Gasteiger partial charge in [-0.25, -0.2) is 0 Å². The number of ether oxygens (including phenoxy) is 1. The van der Waals surface area contributed by atoms with Gasteiger partial charge in [-0.15, -0.1) is 12.4 Å². The maximum atomic E-state index is 12.7. The molecule has 0 bridgehead atoms. The van der Waals surface area contributed by atoms with Gasteiger partial charge in [0, 0.05) is 18.7 Å². The summed E-state index contributed by atoms with van der Waals surface area (Å²) < 4.78 is 5.46. The fourth-order valence-electron chi connectivity index (χ4n) is 3.45. The number of hydrogen-bond donors (Lipinski definition) is 1. The molecule has 0 aromatic heterocycles. The third kappa shape index (κ3) is 4.27. The van der Waals surface area contributed by atoms with E-state index < -0.39 is 0 Å². The summed E-state index contributed by atoms with van der Waals surface area (Å²) in [6.07, 6.45) is 3.94. The van der Waals surface area contributed by atoms with Crippen molar-refractivity contribution in [3.05, 3.63) is 42.5 Å². The Balaban J connectivity index is 0.00000192. The van der Waals surface area contributed by atoms with Gasteiger partial charge in [0.25, 0.3) is 5.91 Å². The molecule has 2 heterocycles. The lowest BCUT2D eigenvalue weighted by molar-refractivity contribution is 0.0758. The number of hydrogen-bond acceptors (Lipinski definition) is 3. The molecular formula is C18H25ClN2O2. The van der Waals surface area contributed by atoms with Crippen molar-refractivity contribution in [3.63, 3.8) is 0 Å². The molecule has 2 aliphatic heterocycles. The molecule has 1 N–H and O–H groups in total. The first-order valence-electron chi connectivity index (χ1n) is 8.11. The van der Waals surface area contributed by atoms with Gasteiger partial charge in [-0.1, -0.05) is 12.7 Å². The predicted molar refractivity (Wildman–Crippen MR) is 94.4 cm³/mol. The van der Waals surface area contributed by atoms with Crippen LogP contribution in [0.25, 0.3) is 0 Å². The van der Waals surface area contributed by atoms with Crippen molar-refractivity contribution in [2.75, 3.05) is 32.8 Å². The number of carbonyl (C=O) groups excluding carboxylic acids is 1. The molecule has 1 aromatic rings. The Morgan fingerprint density at radius 3 is 2.39 bits per heavy atom. The van der Waals surface area contributed by atoms with E-state index in [1.807, 2.05) is 29.2 Å². The van der Waals surface area contributed by atoms with Gasteiger partial charge < -0.3 is 15.0 Å². The lowest BCUT2D eigenvalue weighted by Gasteiger charge is -2.21. The van der Waals surface area contributed by atoms with E-state index in [1.54, 1.807) is 6.08 Å². The maximum absolute atomic E-state index is 12.7. The molecule has 2 atom stereocenters. The number of likely N-dealkylation sites (tertiary alicyclic amines) is 1. The Morgan fingerprint density at radius 1 is 1.22 bits per heavy atom. The lowest BCUT2D eigenvalue weighted by atomic mass is 9.92. The van der Waals surface area contributed by atoms with Crippen molar-refractivity contribution in [2.45, 2.75) is 12.8 Å². The SMILES string of the molecule is C=CCOc1ccc(C(=O)N2CC[C@@H]3CNC[C@@H]3CC2)cc1.Cl. The van der Waals surface area contributed by atoms with Crippen LogP contribution < -0.4 is 10.1 Å². The van der Waals surface area contributed by atoms with Crippen molar-refractivity contribution in [1.29, 1.82) is 0 Å². The van der Waals surface area contributed by atoms with Gasteiger partial charge in [-0.05, 0) is 62.0 Å². The number of nitrogens with zero attached hydrogens (tertiary/aromatic N) is 1. The van der Waals surface area contributed by atoms with E-state index in [-0.39, 0.29) is 18.3 Å². The molecule has 2 fully saturated rings. The highest BCUT2D eigenvalue weighted by atomic mass is 35.5. The van der Waals surface area contributed by atoms with Crippen LogP contribution in [0.5, 0.6) is 5.75 Å². The molecule has 3 rings (SSSR count). The Hall–Kier alpha value is -1.52. The number of carbonyl (C=O) groups is 1. The van der Waals surface area contributed by atoms with Crippen LogP contribution >= 0.6 is 12.4 Å². The Morgan fingerprint density at radius 2 is 1.83 bits per heavy atom. The summed E-state index contributed by atoms with van der Waals surface area (Å²) >= 11 is 0. The zero-order valence-corrected chi connectivity index (χ0v) is 14.2. The molecule has 0 aliphatic carbocycles. The predicted octanol–water partition coefficient (Wildman–Crippen LogP) is 2.74. The summed E-state index contributed by atoms with van der Waals surface area (Å²) in [5.74, 6) is 2.40. The van der Waals surface area contributed by atoms with Crippen LogP contribution in [0.3, 0.4) is 0 Å². The van der Waals surface area contributed by atoms with Gasteiger partial charge in [-0.2, -0.15) is 0 Å². The molecule has 1 amide bonds. The van der Waals surface area contributed by atoms with Crippen LogP contribution in [0.15, 0.2) is 36.9 Å². The third-order valence-corrected chi connectivity index (χ3v) is 4.78. The average Bonchev–Trinajstić information content (AvgIpc) is 2.91. The molecule has 2 saturated heterocycles. The number of halogens is 1. The minimum atomic E-state index is 0. The smallest absolute Gasteiger partial charge is 0.253 e. The molecule has 0 spiro atoms. The van der Waals surface area contributed by atoms with Crippen LogP contribution in [0.2, 0.25) is 0 Å². The van der Waals surface area contributed by atoms with E-state index in [0.29, 0.717) is 6.61 Å². The Bertz CT molecular complexity index is 518. The van der Waals surface area contributed by atoms with Gasteiger partial charge in [-0.3, -0.25) is 4.79 Å². The molecular weight excluding hydrogens is 312 g/mol. The maximum Gasteiger partial charge on any atom is 0.253 e. The van der Waals surface area contributed by atoms with Crippen LogP contribution in [0.4, 0.5) is 0 Å². The Kier molecular flexibility index (Phi) is 6.48. The second kappa shape index (κ2) is 8.37. The molecule has 5 heteroatoms. The van der Waals surface area contributed by atoms with Crippen molar-refractivity contribution in [2.24, 2.45) is 11.8 Å². The highest BCUT2D eigenvalue weighted by molar-refractivity contribution is 5.94. The highest BCUT2D eigenvalue weighted by Crippen LogP contribution is 2.27. The lowest BCUT2D eigenvalue weighted by Crippen LogP contribution is -2.32. The monoisotopic (exact) mass is 336 g/mol. The summed E-state index contributed by atoms with van der Waals surface area (Å²) in [7, 11) is 0. The van der Waals surface area contributed by atoms with Crippen LogP contribution in [-0.2, 0) is 0 Å². The number of nitrogens with one attached hydrogen (secondary N) is 1. The first-order valence-corrected chi connectivity index (χ1v) is 8.11. The topological polar surface area (TPSA) is 41.6 Å². The fraction of sp³-hybridized carbons (Fsp3) is 0.500. The van der Waals surface area contributed by atoms with Crippen molar-refractivity contribution in [3.8, 4) is 5.75 Å². The van der Waals surface area contributed by atoms with Gasteiger partial charge in [0.1, 0.15) is 12.4 Å². The van der Waals surface area contributed by atoms with E-state index in [1.165, 1.54) is 0 Å². The summed E-state index contributed by atoms with van der Waals surface area (Å²) in [6, 6.07) is 7.42. The van der Waals surface area contributed by atoms with Gasteiger partial charge in [0.15, 0.2) is 0 Å². The van der Waals surface area contributed by atoms with Gasteiger partial charge in [0.2, 0.25) is 0 Å². The second-order valence-corrected chi connectivity index (χ2v) is 6.17. The molecule has 4 nitrogen and oxygen atoms in total. The average molecular weight is 337 g/mol. The summed E-state index contributed by atoms with van der Waals surface area (Å²) in [6.45, 7) is 8.08. The summed E-state index contributed by atoms with van der Waals surface area (Å²) in [4.78, 5) is 14.7. The van der Waals surface area contributed by atoms with Crippen LogP contribution in [0.1, 0.15) is 23.2 Å². The van der Waals surface area contributed by atoms with Gasteiger partial charge in [0.05, 0.1) is 0 Å². The highest BCUT2D eigenvalue weighted by Gasteiger charge is 2.31. The quantitative estimate of drug-likeness (QED) is 0.860. The molecule has 0 saturated carbocycles. The molecule has 2 aliphatic rings. The molecule has 1 aromatic carbocycles. The third-order valence-electron chi connectivity index (χ3n) is 4.78. The zero-order valence-electron chi connectivity index (χ0n) is 13.4. The molecule has 126 valence electrons. The van der Waals surface area contributed by atoms with Gasteiger partial charge >= 0.3 is 0 Å². The minimum absolute atomic E-state index is 0. The molecule has 0 unspecified atom stereocenters. The Labute approximate surface area is 144 Å². The summed E-state index contributed by atoms with van der Waals surface area (Å²) in [5, 5.41) is 3.47. The van der Waals surface area contributed by atoms with Crippen molar-refractivity contribution in [1.82, 2.24) is 10.2 Å². The van der Waals surface area contributed by atoms with Crippen molar-refractivity contribution < 1.29 is 9.53 Å². The standard InChI is InChI=1S/C18H24N2O2.ClH/c1-2-11-22-17-5-3-14(4-6-17)18(21)20-9-7-15-12-19-13-16(15)8-10-20;/h2-6,15-16,19H,1,7-13H2;1H/t15-,16+;. The largest absolute Gasteiger partial charge is 0.490 e. The number of amides is 1. The first-order chi connectivity index (χ1) is 10.8. The van der Waals surface area contributed by atoms with Crippen LogP contribution in [0, 0.1) is 11.8 Å².